The third-order valence-corrected chi connectivity index (χ3v) is 4.46. The molecule has 2 aromatic carbocycles. The summed E-state index contributed by atoms with van der Waals surface area (Å²) in [5.74, 6) is -7.79. The number of hydrogen-bond acceptors (Lipinski definition) is 4. The molecule has 0 saturated carbocycles. The fourth-order valence-corrected chi connectivity index (χ4v) is 3.05. The van der Waals surface area contributed by atoms with Crippen LogP contribution in [0.2, 0.25) is 0 Å². The number of rotatable bonds is 6. The maximum absolute atomic E-state index is 13.7. The molecule has 1 aliphatic heterocycles. The number of nitrogens with zero attached hydrogens (tertiary/aromatic N) is 1. The molecule has 1 aliphatic carbocycles. The van der Waals surface area contributed by atoms with E-state index in [4.69, 9.17) is 27.3 Å². The van der Waals surface area contributed by atoms with Crippen molar-refractivity contribution in [1.82, 2.24) is 4.90 Å². The SMILES string of the molecule is [2H]C1([2H])c2cc(OC)c(OC)cc2C(=O)C1C([2H])([2H])C1([2H])C([2H])([2H])C([2H])([2H])N(Cc2ccccc2)C([2H])([2H])C1([2H])[2H]. The molecule has 0 radical (unpaired) electrons. The molecule has 2 aromatic rings. The Labute approximate surface area is 185 Å². The molecule has 1 atom stereocenters. The van der Waals surface area contributed by atoms with Crippen LogP contribution in [0.4, 0.5) is 0 Å². The second-order valence-corrected chi connectivity index (χ2v) is 6.26. The number of methoxy groups -OCH3 is 2. The highest BCUT2D eigenvalue weighted by molar-refractivity contribution is 6.02. The largest absolute Gasteiger partial charge is 0.493 e. The van der Waals surface area contributed by atoms with E-state index >= 15 is 0 Å². The molecule has 1 fully saturated rings. The van der Waals surface area contributed by atoms with Crippen LogP contribution < -0.4 is 9.47 Å². The summed E-state index contributed by atoms with van der Waals surface area (Å²) in [6.45, 7) is -7.66. The van der Waals surface area contributed by atoms with E-state index in [0.717, 1.165) is 12.1 Å². The normalized spacial score (nSPS) is 37.7. The van der Waals surface area contributed by atoms with Gasteiger partial charge in [-0.15, -0.1) is 0 Å². The molecule has 28 heavy (non-hydrogen) atoms. The lowest BCUT2D eigenvalue weighted by molar-refractivity contribution is 0.0895. The van der Waals surface area contributed by atoms with Crippen LogP contribution in [-0.4, -0.2) is 37.9 Å². The summed E-state index contributed by atoms with van der Waals surface area (Å²) in [6, 6.07) is 9.96. The summed E-state index contributed by atoms with van der Waals surface area (Å²) in [4.78, 5) is 13.9. The van der Waals surface area contributed by atoms with Gasteiger partial charge in [0.25, 0.3) is 0 Å². The van der Waals surface area contributed by atoms with E-state index in [1.54, 1.807) is 18.2 Å². The van der Waals surface area contributed by atoms with Gasteiger partial charge in [-0.3, -0.25) is 9.69 Å². The second kappa shape index (κ2) is 8.36. The summed E-state index contributed by atoms with van der Waals surface area (Å²) in [7, 11) is 2.51. The first-order chi connectivity index (χ1) is 18.6. The monoisotopic (exact) mass is 392 g/mol. The molecule has 2 aliphatic rings. The van der Waals surface area contributed by atoms with Crippen molar-refractivity contribution < 1.29 is 32.1 Å². The van der Waals surface area contributed by atoms with Crippen LogP contribution >= 0.6 is 0 Å². The van der Waals surface area contributed by atoms with Gasteiger partial charge in [0.05, 0.1) is 14.2 Å². The fourth-order valence-electron chi connectivity index (χ4n) is 3.05. The number of ketones is 1. The highest BCUT2D eigenvalue weighted by Crippen LogP contribution is 2.39. The molecule has 4 nitrogen and oxygen atoms in total. The van der Waals surface area contributed by atoms with Gasteiger partial charge in [-0.25, -0.2) is 0 Å². The maximum Gasteiger partial charge on any atom is 0.166 e. The number of piperidine rings is 1. The zero-order valence-corrected chi connectivity index (χ0v) is 15.5. The van der Waals surface area contributed by atoms with E-state index in [1.807, 2.05) is 0 Å². The smallest absolute Gasteiger partial charge is 0.166 e. The Hall–Kier alpha value is -2.33. The number of hydrogen-bond donors (Lipinski definition) is 0. The first-order valence-corrected chi connectivity index (χ1v) is 8.73. The van der Waals surface area contributed by atoms with Crippen LogP contribution in [0.5, 0.6) is 11.5 Å². The van der Waals surface area contributed by atoms with Crippen LogP contribution in [0.1, 0.15) is 58.4 Å². The minimum atomic E-state index is -4.00. The predicted molar refractivity (Wildman–Crippen MR) is 110 cm³/mol. The standard InChI is InChI=1S/C24H29NO3/c1-27-22-14-19-13-20(24(26)21(19)15-23(22)28-2)12-17-8-10-25(11-9-17)16-18-6-4-3-5-7-18/h3-7,14-15,17,20H,8-13,16H2,1-2H3/i8D2,9D2,10D2,11D2,12D2,13D2,17D. The van der Waals surface area contributed by atoms with E-state index in [9.17, 15) is 4.79 Å². The summed E-state index contributed by atoms with van der Waals surface area (Å²) in [5, 5.41) is 0. The van der Waals surface area contributed by atoms with Gasteiger partial charge in [-0.1, -0.05) is 30.3 Å². The average Bonchev–Trinajstić information content (AvgIpc) is 3.09. The molecule has 1 heterocycles. The minimum Gasteiger partial charge on any atom is -0.493 e. The number of ether oxygens (including phenoxy) is 2. The fraction of sp³-hybridized carbons (Fsp3) is 0.458. The number of carbonyl (C=O) groups is 1. The van der Waals surface area contributed by atoms with Crippen molar-refractivity contribution in [2.75, 3.05) is 27.2 Å². The summed E-state index contributed by atoms with van der Waals surface area (Å²) < 4.78 is 125. The molecule has 0 N–H and O–H groups in total. The van der Waals surface area contributed by atoms with Gasteiger partial charge in [0.15, 0.2) is 17.3 Å². The topological polar surface area (TPSA) is 38.8 Å². The molecule has 1 saturated heterocycles. The summed E-state index contributed by atoms with van der Waals surface area (Å²) >= 11 is 0. The Morgan fingerprint density at radius 1 is 1.14 bits per heavy atom. The molecule has 1 unspecified atom stereocenters. The number of Topliss-reactive ketones (excluding diaryl/α,β-unsaturated/α-hetero) is 1. The van der Waals surface area contributed by atoms with Crippen molar-refractivity contribution in [3.05, 3.63) is 59.2 Å². The number of fused-ring (bicyclic) bond motifs is 1. The Morgan fingerprint density at radius 2 is 1.82 bits per heavy atom. The first-order valence-electron chi connectivity index (χ1n) is 15.2. The summed E-state index contributed by atoms with van der Waals surface area (Å²) in [6.07, 6.45) is -14.5. The van der Waals surface area contributed by atoms with Crippen molar-refractivity contribution in [2.45, 2.75) is 32.0 Å². The van der Waals surface area contributed by atoms with Crippen LogP contribution in [0.15, 0.2) is 42.5 Å². The Bertz CT molecular complexity index is 1340. The average molecular weight is 393 g/mol. The molecule has 4 heteroatoms. The van der Waals surface area contributed by atoms with Crippen LogP contribution in [0.3, 0.4) is 0 Å². The van der Waals surface area contributed by atoms with Crippen LogP contribution in [-0.2, 0) is 12.9 Å². The van der Waals surface area contributed by atoms with E-state index in [0.29, 0.717) is 5.56 Å². The predicted octanol–water partition coefficient (Wildman–Crippen LogP) is 4.36. The molecule has 0 aromatic heterocycles. The lowest BCUT2D eigenvalue weighted by Gasteiger charge is -2.32. The molecule has 4 rings (SSSR count). The van der Waals surface area contributed by atoms with Gasteiger partial charge in [0, 0.05) is 35.8 Å². The lowest BCUT2D eigenvalue weighted by atomic mass is 9.85. The zero-order valence-electron chi connectivity index (χ0n) is 28.5. The van der Waals surface area contributed by atoms with Gasteiger partial charge in [0.2, 0.25) is 0 Å². The van der Waals surface area contributed by atoms with E-state index in [-0.39, 0.29) is 27.5 Å². The highest BCUT2D eigenvalue weighted by Gasteiger charge is 2.34. The van der Waals surface area contributed by atoms with Crippen molar-refractivity contribution >= 4 is 5.78 Å². The van der Waals surface area contributed by atoms with Gasteiger partial charge < -0.3 is 9.47 Å². The first kappa shape index (κ1) is 9.00. The third kappa shape index (κ3) is 3.93. The third-order valence-electron chi connectivity index (χ3n) is 4.46. The Kier molecular flexibility index (Phi) is 2.69. The number of benzene rings is 2. The molecular weight excluding hydrogens is 350 g/mol. The van der Waals surface area contributed by atoms with E-state index in [1.165, 1.54) is 26.4 Å². The van der Waals surface area contributed by atoms with Gasteiger partial charge in [-0.05, 0) is 67.6 Å². The number of likely N-dealkylation sites (tertiary alicyclic amines) is 1. The van der Waals surface area contributed by atoms with Crippen LogP contribution in [0.25, 0.3) is 0 Å². The summed E-state index contributed by atoms with van der Waals surface area (Å²) in [5.41, 5.74) is -0.432. The number of carbonyl (C=O) groups excluding carboxylic acids is 1. The minimum absolute atomic E-state index is 0.00253. The quantitative estimate of drug-likeness (QED) is 0.732. The zero-order chi connectivity index (χ0) is 31.2. The van der Waals surface area contributed by atoms with E-state index < -0.39 is 62.6 Å². The van der Waals surface area contributed by atoms with Crippen molar-refractivity contribution in [3.63, 3.8) is 0 Å². The van der Waals surface area contributed by atoms with Crippen molar-refractivity contribution in [3.8, 4) is 11.5 Å². The van der Waals surface area contributed by atoms with Gasteiger partial charge in [-0.2, -0.15) is 0 Å². The van der Waals surface area contributed by atoms with Crippen molar-refractivity contribution in [2.24, 2.45) is 11.8 Å². The molecular formula is C24H29NO3. The molecule has 0 spiro atoms. The maximum atomic E-state index is 13.7. The lowest BCUT2D eigenvalue weighted by Crippen LogP contribution is -2.34. The van der Waals surface area contributed by atoms with E-state index in [2.05, 4.69) is 0 Å². The highest BCUT2D eigenvalue weighted by atomic mass is 16.5. The van der Waals surface area contributed by atoms with Gasteiger partial charge in [0.1, 0.15) is 0 Å². The Balaban J connectivity index is 1.93. The Morgan fingerprint density at radius 3 is 2.50 bits per heavy atom. The molecule has 0 bridgehead atoms. The molecule has 0 amide bonds. The van der Waals surface area contributed by atoms with Crippen molar-refractivity contribution in [1.29, 1.82) is 0 Å². The second-order valence-electron chi connectivity index (χ2n) is 6.26. The van der Waals surface area contributed by atoms with Crippen LogP contribution in [0, 0.1) is 11.8 Å². The molecule has 148 valence electrons. The van der Waals surface area contributed by atoms with Gasteiger partial charge >= 0.3 is 0 Å².